The Bertz CT molecular complexity index is 889. The highest BCUT2D eigenvalue weighted by Gasteiger charge is 2.09. The van der Waals surface area contributed by atoms with E-state index >= 15 is 0 Å². The molecule has 0 aliphatic heterocycles. The molecule has 0 spiro atoms. The van der Waals surface area contributed by atoms with Crippen molar-refractivity contribution in [3.8, 4) is 5.75 Å². The molecule has 1 heterocycles. The fourth-order valence-corrected chi connectivity index (χ4v) is 2.49. The van der Waals surface area contributed by atoms with Gasteiger partial charge in [0.2, 0.25) is 0 Å². The minimum absolute atomic E-state index is 0.242. The lowest BCUT2D eigenvalue weighted by Crippen LogP contribution is -2.14. The van der Waals surface area contributed by atoms with Gasteiger partial charge in [-0.2, -0.15) is 0 Å². The molecule has 2 N–H and O–H groups in total. The number of methoxy groups -OCH3 is 1. The van der Waals surface area contributed by atoms with Crippen LogP contribution in [0.15, 0.2) is 60.7 Å². The highest BCUT2D eigenvalue weighted by atomic mass is 16.5. The van der Waals surface area contributed by atoms with Crippen LogP contribution in [0, 0.1) is 0 Å². The van der Waals surface area contributed by atoms with Gasteiger partial charge in [-0.25, -0.2) is 0 Å². The van der Waals surface area contributed by atoms with Gasteiger partial charge in [0.25, 0.3) is 5.91 Å². The normalized spacial score (nSPS) is 10.5. The van der Waals surface area contributed by atoms with Crippen LogP contribution in [0.2, 0.25) is 0 Å². The number of anilines is 3. The highest BCUT2D eigenvalue weighted by Crippen LogP contribution is 2.20. The molecule has 6 nitrogen and oxygen atoms in total. The van der Waals surface area contributed by atoms with E-state index in [1.54, 1.807) is 43.5 Å². The number of carbonyl (C=O) groups is 1. The summed E-state index contributed by atoms with van der Waals surface area (Å²) >= 11 is 0. The molecular weight excluding hydrogens is 340 g/mol. The van der Waals surface area contributed by atoms with Gasteiger partial charge >= 0.3 is 0 Å². The van der Waals surface area contributed by atoms with E-state index in [0.717, 1.165) is 11.4 Å². The lowest BCUT2D eigenvalue weighted by molar-refractivity contribution is 0.102. The molecule has 6 heteroatoms. The Morgan fingerprint density at radius 1 is 0.889 bits per heavy atom. The zero-order valence-corrected chi connectivity index (χ0v) is 15.6. The maximum Gasteiger partial charge on any atom is 0.276 e. The number of carbonyl (C=O) groups excluding carboxylic acids is 1. The molecule has 0 aliphatic carbocycles. The lowest BCUT2D eigenvalue weighted by atomic mass is 10.0. The first-order valence-corrected chi connectivity index (χ1v) is 8.71. The molecule has 0 atom stereocenters. The number of aromatic nitrogens is 2. The van der Waals surface area contributed by atoms with Gasteiger partial charge in [-0.15, -0.1) is 10.2 Å². The van der Waals surface area contributed by atoms with Crippen LogP contribution >= 0.6 is 0 Å². The number of rotatable bonds is 6. The molecule has 0 fully saturated rings. The van der Waals surface area contributed by atoms with Crippen LogP contribution in [0.1, 0.15) is 35.8 Å². The van der Waals surface area contributed by atoms with Crippen molar-refractivity contribution < 1.29 is 9.53 Å². The predicted molar refractivity (Wildman–Crippen MR) is 107 cm³/mol. The van der Waals surface area contributed by atoms with Crippen molar-refractivity contribution in [1.29, 1.82) is 0 Å². The molecule has 138 valence electrons. The third-order valence-electron chi connectivity index (χ3n) is 4.09. The van der Waals surface area contributed by atoms with Crippen LogP contribution in [-0.4, -0.2) is 23.2 Å². The average Bonchev–Trinajstić information content (AvgIpc) is 2.69. The average molecular weight is 362 g/mol. The third kappa shape index (κ3) is 4.82. The molecule has 3 aromatic rings. The second kappa shape index (κ2) is 8.31. The van der Waals surface area contributed by atoms with Crippen molar-refractivity contribution in [1.82, 2.24) is 10.2 Å². The van der Waals surface area contributed by atoms with Gasteiger partial charge < -0.3 is 15.4 Å². The molecule has 1 amide bonds. The summed E-state index contributed by atoms with van der Waals surface area (Å²) in [5.41, 5.74) is 3.10. The van der Waals surface area contributed by atoms with Gasteiger partial charge in [-0.1, -0.05) is 26.0 Å². The van der Waals surface area contributed by atoms with E-state index in [9.17, 15) is 4.79 Å². The molecule has 0 saturated heterocycles. The monoisotopic (exact) mass is 362 g/mol. The molecule has 0 bridgehead atoms. The molecular formula is C21H22N4O2. The van der Waals surface area contributed by atoms with E-state index in [-0.39, 0.29) is 11.6 Å². The zero-order valence-electron chi connectivity index (χ0n) is 15.6. The summed E-state index contributed by atoms with van der Waals surface area (Å²) in [6, 6.07) is 18.6. The Morgan fingerprint density at radius 3 is 2.11 bits per heavy atom. The summed E-state index contributed by atoms with van der Waals surface area (Å²) in [7, 11) is 1.59. The summed E-state index contributed by atoms with van der Waals surface area (Å²) < 4.78 is 5.10. The van der Waals surface area contributed by atoms with E-state index in [0.29, 0.717) is 17.4 Å². The van der Waals surface area contributed by atoms with Crippen LogP contribution in [0.5, 0.6) is 5.75 Å². The van der Waals surface area contributed by atoms with Crippen LogP contribution < -0.4 is 15.4 Å². The number of nitrogens with zero attached hydrogens (tertiary/aromatic N) is 2. The number of hydrogen-bond donors (Lipinski definition) is 2. The zero-order chi connectivity index (χ0) is 19.2. The van der Waals surface area contributed by atoms with Gasteiger partial charge in [0.1, 0.15) is 5.75 Å². The van der Waals surface area contributed by atoms with Crippen molar-refractivity contribution in [2.24, 2.45) is 0 Å². The summed E-state index contributed by atoms with van der Waals surface area (Å²) in [6.45, 7) is 4.31. The van der Waals surface area contributed by atoms with Crippen molar-refractivity contribution in [2.45, 2.75) is 19.8 Å². The second-order valence-electron chi connectivity index (χ2n) is 6.39. The maximum atomic E-state index is 12.3. The van der Waals surface area contributed by atoms with E-state index in [1.165, 1.54) is 5.56 Å². The first-order valence-electron chi connectivity index (χ1n) is 8.71. The molecule has 0 aliphatic rings. The van der Waals surface area contributed by atoms with Crippen molar-refractivity contribution in [2.75, 3.05) is 17.7 Å². The van der Waals surface area contributed by atoms with Gasteiger partial charge in [0.15, 0.2) is 11.5 Å². The highest BCUT2D eigenvalue weighted by molar-refractivity contribution is 6.02. The summed E-state index contributed by atoms with van der Waals surface area (Å²) in [5, 5.41) is 14.0. The molecule has 3 rings (SSSR count). The summed E-state index contributed by atoms with van der Waals surface area (Å²) in [4.78, 5) is 12.3. The lowest BCUT2D eigenvalue weighted by Gasteiger charge is -2.09. The number of hydrogen-bond acceptors (Lipinski definition) is 5. The third-order valence-corrected chi connectivity index (χ3v) is 4.09. The van der Waals surface area contributed by atoms with Crippen molar-refractivity contribution >= 4 is 23.1 Å². The number of benzene rings is 2. The van der Waals surface area contributed by atoms with Crippen LogP contribution in [0.25, 0.3) is 0 Å². The van der Waals surface area contributed by atoms with E-state index in [4.69, 9.17) is 4.74 Å². The van der Waals surface area contributed by atoms with Gasteiger partial charge in [-0.3, -0.25) is 4.79 Å². The molecule has 0 saturated carbocycles. The molecule has 0 radical (unpaired) electrons. The van der Waals surface area contributed by atoms with Gasteiger partial charge in [0, 0.05) is 11.4 Å². The predicted octanol–water partition coefficient (Wildman–Crippen LogP) is 4.60. The van der Waals surface area contributed by atoms with Crippen LogP contribution in [-0.2, 0) is 0 Å². The number of amides is 1. The first-order chi connectivity index (χ1) is 13.0. The van der Waals surface area contributed by atoms with Crippen molar-refractivity contribution in [3.63, 3.8) is 0 Å². The molecule has 0 unspecified atom stereocenters. The van der Waals surface area contributed by atoms with Crippen molar-refractivity contribution in [3.05, 3.63) is 71.9 Å². The largest absolute Gasteiger partial charge is 0.497 e. The molecule has 2 aromatic carbocycles. The molecule has 1 aromatic heterocycles. The quantitative estimate of drug-likeness (QED) is 0.670. The summed E-state index contributed by atoms with van der Waals surface area (Å²) in [6.07, 6.45) is 0. The van der Waals surface area contributed by atoms with E-state index < -0.39 is 0 Å². The van der Waals surface area contributed by atoms with Crippen LogP contribution in [0.3, 0.4) is 0 Å². The topological polar surface area (TPSA) is 76.1 Å². The fourth-order valence-electron chi connectivity index (χ4n) is 2.49. The van der Waals surface area contributed by atoms with E-state index in [2.05, 4.69) is 46.8 Å². The smallest absolute Gasteiger partial charge is 0.276 e. The van der Waals surface area contributed by atoms with Crippen LogP contribution in [0.4, 0.5) is 17.2 Å². The Balaban J connectivity index is 1.62. The number of ether oxygens (including phenoxy) is 1. The first kappa shape index (κ1) is 18.4. The Hall–Kier alpha value is -3.41. The summed E-state index contributed by atoms with van der Waals surface area (Å²) in [5.74, 6) is 1.47. The Morgan fingerprint density at radius 2 is 1.56 bits per heavy atom. The Kier molecular flexibility index (Phi) is 5.66. The second-order valence-corrected chi connectivity index (χ2v) is 6.39. The van der Waals surface area contributed by atoms with Gasteiger partial charge in [-0.05, 0) is 60.0 Å². The number of nitrogens with one attached hydrogen (secondary N) is 2. The Labute approximate surface area is 158 Å². The minimum atomic E-state index is -0.319. The SMILES string of the molecule is COc1ccc(NC(=O)c2ccc(Nc3ccc(C(C)C)cc3)nn2)cc1. The molecule has 27 heavy (non-hydrogen) atoms. The van der Waals surface area contributed by atoms with E-state index in [1.807, 2.05) is 12.1 Å². The fraction of sp³-hybridized carbons (Fsp3) is 0.190. The minimum Gasteiger partial charge on any atom is -0.497 e. The maximum absolute atomic E-state index is 12.3. The standard InChI is InChI=1S/C21H22N4O2/c1-14(2)15-4-6-16(7-5-15)22-20-13-12-19(24-25-20)21(26)23-17-8-10-18(27-3)11-9-17/h4-14H,1-3H3,(H,22,25)(H,23,26). The van der Waals surface area contributed by atoms with Gasteiger partial charge in [0.05, 0.1) is 7.11 Å².